The second-order valence-electron chi connectivity index (χ2n) is 6.15. The lowest BCUT2D eigenvalue weighted by Gasteiger charge is -2.28. The molecule has 0 amide bonds. The molecule has 0 spiro atoms. The SMILES string of the molecule is Cl.Cl.NC1CCC(n2ccnc2-c2ccc3c(c2)CCO3)CC1. The van der Waals surface area contributed by atoms with Gasteiger partial charge in [-0.3, -0.25) is 0 Å². The topological polar surface area (TPSA) is 53.1 Å². The minimum Gasteiger partial charge on any atom is -0.493 e. The number of nitrogens with zero attached hydrogens (tertiary/aromatic N) is 2. The summed E-state index contributed by atoms with van der Waals surface area (Å²) < 4.78 is 7.92. The van der Waals surface area contributed by atoms with Gasteiger partial charge in [0.15, 0.2) is 0 Å². The third-order valence-corrected chi connectivity index (χ3v) is 4.75. The standard InChI is InChI=1S/C17H21N3O.2ClH/c18-14-2-4-15(5-3-14)20-9-8-19-17(20)13-1-6-16-12(11-13)7-10-21-16;;/h1,6,8-9,11,14-15H,2-5,7,10,18H2;2*1H. The lowest BCUT2D eigenvalue weighted by Crippen LogP contribution is -2.27. The summed E-state index contributed by atoms with van der Waals surface area (Å²) in [6, 6.07) is 7.35. The van der Waals surface area contributed by atoms with Crippen molar-refractivity contribution in [3.63, 3.8) is 0 Å². The van der Waals surface area contributed by atoms with E-state index in [-0.39, 0.29) is 24.8 Å². The van der Waals surface area contributed by atoms with Gasteiger partial charge in [-0.1, -0.05) is 0 Å². The van der Waals surface area contributed by atoms with E-state index < -0.39 is 0 Å². The van der Waals surface area contributed by atoms with Gasteiger partial charge in [-0.25, -0.2) is 4.98 Å². The molecular weight excluding hydrogens is 333 g/mol. The summed E-state index contributed by atoms with van der Waals surface area (Å²) in [4.78, 5) is 4.60. The second kappa shape index (κ2) is 7.56. The largest absolute Gasteiger partial charge is 0.493 e. The van der Waals surface area contributed by atoms with Gasteiger partial charge in [0.25, 0.3) is 0 Å². The van der Waals surface area contributed by atoms with Gasteiger partial charge in [-0.15, -0.1) is 24.8 Å². The van der Waals surface area contributed by atoms with E-state index in [9.17, 15) is 0 Å². The minimum atomic E-state index is 0. The zero-order valence-corrected chi connectivity index (χ0v) is 14.6. The van der Waals surface area contributed by atoms with Crippen molar-refractivity contribution in [2.75, 3.05) is 6.61 Å². The molecule has 0 atom stereocenters. The van der Waals surface area contributed by atoms with Gasteiger partial charge < -0.3 is 15.0 Å². The first-order valence-electron chi connectivity index (χ1n) is 7.86. The first-order valence-corrected chi connectivity index (χ1v) is 7.86. The molecule has 0 radical (unpaired) electrons. The molecule has 1 aliphatic carbocycles. The predicted molar refractivity (Wildman–Crippen MR) is 96.8 cm³/mol. The number of fused-ring (bicyclic) bond motifs is 1. The highest BCUT2D eigenvalue weighted by molar-refractivity contribution is 5.85. The van der Waals surface area contributed by atoms with Crippen LogP contribution in [-0.2, 0) is 6.42 Å². The van der Waals surface area contributed by atoms with E-state index in [1.807, 2.05) is 6.20 Å². The quantitative estimate of drug-likeness (QED) is 0.891. The van der Waals surface area contributed by atoms with Crippen LogP contribution in [0, 0.1) is 0 Å². The maximum Gasteiger partial charge on any atom is 0.140 e. The Morgan fingerprint density at radius 3 is 2.70 bits per heavy atom. The zero-order chi connectivity index (χ0) is 14.2. The maximum atomic E-state index is 6.02. The van der Waals surface area contributed by atoms with Crippen LogP contribution >= 0.6 is 24.8 Å². The fraction of sp³-hybridized carbons (Fsp3) is 0.471. The van der Waals surface area contributed by atoms with Crippen LogP contribution < -0.4 is 10.5 Å². The van der Waals surface area contributed by atoms with Crippen molar-refractivity contribution in [2.24, 2.45) is 5.73 Å². The number of hydrogen-bond acceptors (Lipinski definition) is 3. The molecule has 4 rings (SSSR count). The van der Waals surface area contributed by atoms with Gasteiger partial charge in [0.2, 0.25) is 0 Å². The number of imidazole rings is 1. The molecule has 1 aromatic carbocycles. The molecule has 23 heavy (non-hydrogen) atoms. The molecule has 2 heterocycles. The first kappa shape index (κ1) is 18.1. The molecule has 2 aromatic rings. The summed E-state index contributed by atoms with van der Waals surface area (Å²) in [7, 11) is 0. The third kappa shape index (κ3) is 3.49. The van der Waals surface area contributed by atoms with Gasteiger partial charge in [0.1, 0.15) is 11.6 Å². The summed E-state index contributed by atoms with van der Waals surface area (Å²) >= 11 is 0. The molecule has 0 bridgehead atoms. The number of halogens is 2. The van der Waals surface area contributed by atoms with E-state index in [0.29, 0.717) is 12.1 Å². The molecule has 1 saturated carbocycles. The monoisotopic (exact) mass is 355 g/mol. The number of ether oxygens (including phenoxy) is 1. The fourth-order valence-corrected chi connectivity index (χ4v) is 3.54. The lowest BCUT2D eigenvalue weighted by molar-refractivity contribution is 0.325. The predicted octanol–water partition coefficient (Wildman–Crippen LogP) is 3.77. The van der Waals surface area contributed by atoms with Crippen molar-refractivity contribution in [1.29, 1.82) is 0 Å². The maximum absolute atomic E-state index is 6.02. The van der Waals surface area contributed by atoms with Crippen molar-refractivity contribution in [3.05, 3.63) is 36.2 Å². The van der Waals surface area contributed by atoms with E-state index in [1.165, 1.54) is 11.1 Å². The summed E-state index contributed by atoms with van der Waals surface area (Å²) in [5.74, 6) is 2.10. The van der Waals surface area contributed by atoms with Crippen molar-refractivity contribution in [1.82, 2.24) is 9.55 Å². The van der Waals surface area contributed by atoms with Gasteiger partial charge in [0, 0.05) is 36.5 Å². The number of benzene rings is 1. The van der Waals surface area contributed by atoms with E-state index in [0.717, 1.165) is 50.3 Å². The summed E-state index contributed by atoms with van der Waals surface area (Å²) in [5, 5.41) is 0. The highest BCUT2D eigenvalue weighted by atomic mass is 35.5. The van der Waals surface area contributed by atoms with Crippen LogP contribution in [0.1, 0.15) is 37.3 Å². The number of nitrogens with two attached hydrogens (primary N) is 1. The molecule has 0 unspecified atom stereocenters. The smallest absolute Gasteiger partial charge is 0.140 e. The van der Waals surface area contributed by atoms with E-state index >= 15 is 0 Å². The van der Waals surface area contributed by atoms with Crippen LogP contribution in [0.2, 0.25) is 0 Å². The average Bonchev–Trinajstić information content (AvgIpc) is 3.16. The van der Waals surface area contributed by atoms with Crippen LogP contribution in [0.5, 0.6) is 5.75 Å². The normalized spacial score (nSPS) is 22.5. The number of hydrogen-bond donors (Lipinski definition) is 1. The van der Waals surface area contributed by atoms with Crippen molar-refractivity contribution in [2.45, 2.75) is 44.2 Å². The fourth-order valence-electron chi connectivity index (χ4n) is 3.54. The molecule has 6 heteroatoms. The average molecular weight is 356 g/mol. The Morgan fingerprint density at radius 1 is 1.13 bits per heavy atom. The molecule has 1 fully saturated rings. The highest BCUT2D eigenvalue weighted by Gasteiger charge is 2.22. The molecule has 1 aliphatic heterocycles. The van der Waals surface area contributed by atoms with Crippen LogP contribution in [-0.4, -0.2) is 22.2 Å². The summed E-state index contributed by atoms with van der Waals surface area (Å²) in [5.41, 5.74) is 8.51. The van der Waals surface area contributed by atoms with E-state index in [2.05, 4.69) is 33.9 Å². The van der Waals surface area contributed by atoms with Gasteiger partial charge >= 0.3 is 0 Å². The van der Waals surface area contributed by atoms with Crippen LogP contribution in [0.25, 0.3) is 11.4 Å². The molecule has 2 aliphatic rings. The summed E-state index contributed by atoms with van der Waals surface area (Å²) in [6.07, 6.45) is 9.55. The third-order valence-electron chi connectivity index (χ3n) is 4.75. The molecule has 1 aromatic heterocycles. The molecule has 4 nitrogen and oxygen atoms in total. The number of aromatic nitrogens is 2. The second-order valence-corrected chi connectivity index (χ2v) is 6.15. The Morgan fingerprint density at radius 2 is 1.91 bits per heavy atom. The van der Waals surface area contributed by atoms with Crippen LogP contribution in [0.4, 0.5) is 0 Å². The van der Waals surface area contributed by atoms with Crippen molar-refractivity contribution < 1.29 is 4.74 Å². The molecule has 2 N–H and O–H groups in total. The Labute approximate surface area is 149 Å². The lowest BCUT2D eigenvalue weighted by atomic mass is 9.91. The van der Waals surface area contributed by atoms with Gasteiger partial charge in [0.05, 0.1) is 6.61 Å². The number of rotatable bonds is 2. The Hall–Kier alpha value is -1.23. The van der Waals surface area contributed by atoms with E-state index in [1.54, 1.807) is 0 Å². The first-order chi connectivity index (χ1) is 10.3. The van der Waals surface area contributed by atoms with Crippen molar-refractivity contribution >= 4 is 24.8 Å². The molecule has 126 valence electrons. The summed E-state index contributed by atoms with van der Waals surface area (Å²) in [6.45, 7) is 0.799. The Balaban J connectivity index is 0.000000960. The Bertz CT molecular complexity index is 651. The van der Waals surface area contributed by atoms with E-state index in [4.69, 9.17) is 10.5 Å². The zero-order valence-electron chi connectivity index (χ0n) is 13.0. The van der Waals surface area contributed by atoms with Gasteiger partial charge in [-0.05, 0) is 49.4 Å². The van der Waals surface area contributed by atoms with Crippen LogP contribution in [0.15, 0.2) is 30.6 Å². The van der Waals surface area contributed by atoms with Crippen molar-refractivity contribution in [3.8, 4) is 17.1 Å². The molecule has 0 saturated heterocycles. The van der Waals surface area contributed by atoms with Crippen LogP contribution in [0.3, 0.4) is 0 Å². The Kier molecular flexibility index (Phi) is 5.95. The minimum absolute atomic E-state index is 0. The highest BCUT2D eigenvalue weighted by Crippen LogP contribution is 2.34. The van der Waals surface area contributed by atoms with Gasteiger partial charge in [-0.2, -0.15) is 0 Å². The molecular formula is C17H23Cl2N3O.